The van der Waals surface area contributed by atoms with Crippen molar-refractivity contribution < 1.29 is 13.2 Å². The summed E-state index contributed by atoms with van der Waals surface area (Å²) in [7, 11) is 0. The summed E-state index contributed by atoms with van der Waals surface area (Å²) in [4.78, 5) is 18.9. The van der Waals surface area contributed by atoms with Gasteiger partial charge in [0, 0.05) is 17.8 Å². The lowest BCUT2D eigenvalue weighted by atomic mass is 10.1. The number of hydrogen-bond acceptors (Lipinski definition) is 6. The number of alkyl halides is 4. The smallest absolute Gasteiger partial charge is 0.307 e. The first-order valence-electron chi connectivity index (χ1n) is 8.91. The first kappa shape index (κ1) is 22.6. The Labute approximate surface area is 189 Å². The zero-order valence-corrected chi connectivity index (χ0v) is 18.6. The molecule has 0 bridgehead atoms. The van der Waals surface area contributed by atoms with Gasteiger partial charge in [-0.05, 0) is 30.1 Å². The number of rotatable bonds is 4. The van der Waals surface area contributed by atoms with E-state index in [9.17, 15) is 13.2 Å². The molecule has 31 heavy (non-hydrogen) atoms. The summed E-state index contributed by atoms with van der Waals surface area (Å²) in [5.74, 6) is 0.972. The number of aromatic amines is 1. The van der Waals surface area contributed by atoms with Gasteiger partial charge in [0.05, 0.1) is 17.0 Å². The highest BCUT2D eigenvalue weighted by Gasteiger charge is 2.34. The maximum absolute atomic E-state index is 13.5. The summed E-state index contributed by atoms with van der Waals surface area (Å²) >= 11 is 2.15. The molecule has 3 heterocycles. The minimum absolute atomic E-state index is 0.0872. The maximum Gasteiger partial charge on any atom is 0.417 e. The van der Waals surface area contributed by atoms with Gasteiger partial charge in [0.1, 0.15) is 11.6 Å². The lowest BCUT2D eigenvalue weighted by Crippen LogP contribution is -2.09. The van der Waals surface area contributed by atoms with E-state index < -0.39 is 11.7 Å². The highest BCUT2D eigenvalue weighted by atomic mass is 127. The van der Waals surface area contributed by atoms with Gasteiger partial charge in [0.2, 0.25) is 5.95 Å². The number of H-pyrrole nitrogens is 1. The van der Waals surface area contributed by atoms with Crippen molar-refractivity contribution in [1.29, 1.82) is 0 Å². The Balaban J connectivity index is 0.00000132. The third-order valence-corrected chi connectivity index (χ3v) is 3.96. The van der Waals surface area contributed by atoms with Gasteiger partial charge in [-0.15, -0.1) is 5.10 Å². The number of benzene rings is 1. The van der Waals surface area contributed by atoms with Gasteiger partial charge in [-0.3, -0.25) is 10.1 Å². The fourth-order valence-corrected chi connectivity index (χ4v) is 2.72. The second-order valence-corrected chi connectivity index (χ2v) is 6.09. The minimum atomic E-state index is -4.55. The van der Waals surface area contributed by atoms with Crippen LogP contribution in [0.2, 0.25) is 0 Å². The van der Waals surface area contributed by atoms with E-state index in [0.29, 0.717) is 17.2 Å². The standard InChI is InChI=1S/C19H14F3N7.CH3I/c1-11-24-18(29-28-11)27-16-10-15(14-8-4-5-9-23-14)25-17(26-16)12-6-2-3-7-13(12)19(20,21)22;1-2/h2-10H,1H3,(H2,24,25,26,27,28,29);1H3. The Morgan fingerprint density at radius 3 is 2.32 bits per heavy atom. The van der Waals surface area contributed by atoms with E-state index in [1.54, 1.807) is 37.4 Å². The van der Waals surface area contributed by atoms with E-state index in [4.69, 9.17) is 0 Å². The van der Waals surface area contributed by atoms with Crippen molar-refractivity contribution in [2.75, 3.05) is 10.2 Å². The van der Waals surface area contributed by atoms with E-state index in [1.165, 1.54) is 18.2 Å². The first-order valence-corrected chi connectivity index (χ1v) is 11.1. The van der Waals surface area contributed by atoms with Crippen LogP contribution in [-0.2, 0) is 6.18 Å². The van der Waals surface area contributed by atoms with Crippen molar-refractivity contribution in [3.05, 3.63) is 66.1 Å². The molecular formula is C20H17F3IN7. The molecule has 0 fully saturated rings. The third kappa shape index (κ3) is 5.54. The zero-order valence-electron chi connectivity index (χ0n) is 16.4. The van der Waals surface area contributed by atoms with Crippen molar-refractivity contribution in [1.82, 2.24) is 30.1 Å². The highest BCUT2D eigenvalue weighted by Crippen LogP contribution is 2.36. The number of anilines is 2. The Bertz CT molecular complexity index is 1150. The minimum Gasteiger partial charge on any atom is -0.307 e. The second kappa shape index (κ2) is 9.81. The molecule has 0 unspecified atom stereocenters. The molecular weight excluding hydrogens is 522 g/mol. The van der Waals surface area contributed by atoms with Crippen molar-refractivity contribution in [3.8, 4) is 22.8 Å². The lowest BCUT2D eigenvalue weighted by molar-refractivity contribution is -0.137. The zero-order chi connectivity index (χ0) is 22.4. The van der Waals surface area contributed by atoms with Crippen LogP contribution in [0.1, 0.15) is 11.4 Å². The van der Waals surface area contributed by atoms with Crippen molar-refractivity contribution in [3.63, 3.8) is 0 Å². The van der Waals surface area contributed by atoms with Gasteiger partial charge in [0.15, 0.2) is 5.82 Å². The molecule has 2 N–H and O–H groups in total. The summed E-state index contributed by atoms with van der Waals surface area (Å²) < 4.78 is 40.5. The van der Waals surface area contributed by atoms with Crippen LogP contribution < -0.4 is 5.32 Å². The van der Waals surface area contributed by atoms with Crippen LogP contribution in [0, 0.1) is 6.92 Å². The van der Waals surface area contributed by atoms with Gasteiger partial charge >= 0.3 is 6.18 Å². The Morgan fingerprint density at radius 1 is 0.935 bits per heavy atom. The average molecular weight is 539 g/mol. The van der Waals surface area contributed by atoms with Crippen molar-refractivity contribution in [2.24, 2.45) is 0 Å². The summed E-state index contributed by atoms with van der Waals surface area (Å²) in [6, 6.07) is 12.0. The molecule has 1 aromatic carbocycles. The number of hydrogen-bond donors (Lipinski definition) is 2. The Morgan fingerprint density at radius 2 is 1.68 bits per heavy atom. The normalized spacial score (nSPS) is 10.9. The Kier molecular flexibility index (Phi) is 7.15. The fraction of sp³-hybridized carbons (Fsp3) is 0.150. The first-order chi connectivity index (χ1) is 14.9. The topological polar surface area (TPSA) is 92.3 Å². The number of aryl methyl sites for hydroxylation is 1. The molecule has 0 spiro atoms. The van der Waals surface area contributed by atoms with Gasteiger partial charge in [-0.2, -0.15) is 18.2 Å². The number of nitrogens with zero attached hydrogens (tertiary/aromatic N) is 5. The molecule has 3 aromatic heterocycles. The summed E-state index contributed by atoms with van der Waals surface area (Å²) in [5.41, 5.74) is -0.0953. The van der Waals surface area contributed by atoms with Crippen LogP contribution in [0.15, 0.2) is 54.7 Å². The molecule has 0 saturated heterocycles. The monoisotopic (exact) mass is 539 g/mol. The molecule has 4 rings (SSSR count). The molecule has 0 amide bonds. The van der Waals surface area contributed by atoms with Gasteiger partial charge < -0.3 is 5.32 Å². The summed E-state index contributed by atoms with van der Waals surface area (Å²) in [6.07, 6.45) is -2.97. The second-order valence-electron chi connectivity index (χ2n) is 6.09. The highest BCUT2D eigenvalue weighted by molar-refractivity contribution is 14.1. The van der Waals surface area contributed by atoms with Gasteiger partial charge in [-0.25, -0.2) is 9.97 Å². The number of aromatic nitrogens is 6. The molecule has 7 nitrogen and oxygen atoms in total. The predicted octanol–water partition coefficient (Wildman–Crippen LogP) is 5.45. The van der Waals surface area contributed by atoms with Crippen LogP contribution >= 0.6 is 22.6 Å². The molecule has 0 atom stereocenters. The molecule has 0 saturated carbocycles. The molecule has 4 aromatic rings. The van der Waals surface area contributed by atoms with Crippen LogP contribution in [0.5, 0.6) is 0 Å². The number of nitrogens with one attached hydrogen (secondary N) is 2. The SMILES string of the molecule is CI.Cc1nc(Nc2cc(-c3ccccn3)nc(-c3ccccc3C(F)(F)F)n2)n[nH]1. The van der Waals surface area contributed by atoms with Crippen molar-refractivity contribution >= 4 is 34.4 Å². The average Bonchev–Trinajstić information content (AvgIpc) is 3.19. The van der Waals surface area contributed by atoms with Crippen LogP contribution in [0.3, 0.4) is 0 Å². The molecule has 0 radical (unpaired) electrons. The van der Waals surface area contributed by atoms with Crippen LogP contribution in [-0.4, -0.2) is 35.1 Å². The Hall–Kier alpha value is -3.09. The molecule has 11 heteroatoms. The molecule has 0 aliphatic rings. The molecule has 0 aliphatic carbocycles. The number of pyridine rings is 1. The van der Waals surface area contributed by atoms with Gasteiger partial charge in [0.25, 0.3) is 0 Å². The van der Waals surface area contributed by atoms with E-state index >= 15 is 0 Å². The summed E-state index contributed by atoms with van der Waals surface area (Å²) in [6.45, 7) is 1.72. The van der Waals surface area contributed by atoms with E-state index in [0.717, 1.165) is 6.07 Å². The van der Waals surface area contributed by atoms with E-state index in [2.05, 4.69) is 58.0 Å². The van der Waals surface area contributed by atoms with E-state index in [-0.39, 0.29) is 23.2 Å². The quantitative estimate of drug-likeness (QED) is 0.265. The lowest BCUT2D eigenvalue weighted by Gasteiger charge is -2.13. The largest absolute Gasteiger partial charge is 0.417 e. The van der Waals surface area contributed by atoms with Gasteiger partial charge in [-0.1, -0.05) is 46.9 Å². The van der Waals surface area contributed by atoms with Crippen LogP contribution in [0.4, 0.5) is 24.9 Å². The third-order valence-electron chi connectivity index (χ3n) is 3.96. The summed E-state index contributed by atoms with van der Waals surface area (Å²) in [5, 5.41) is 9.54. The predicted molar refractivity (Wildman–Crippen MR) is 120 cm³/mol. The maximum atomic E-state index is 13.5. The number of halogens is 4. The van der Waals surface area contributed by atoms with Crippen LogP contribution in [0.25, 0.3) is 22.8 Å². The fourth-order valence-electron chi connectivity index (χ4n) is 2.72. The molecule has 0 aliphatic heterocycles. The molecule has 160 valence electrons. The van der Waals surface area contributed by atoms with Crippen molar-refractivity contribution in [2.45, 2.75) is 13.1 Å². The van der Waals surface area contributed by atoms with E-state index in [1.807, 2.05) is 4.93 Å².